The smallest absolute Gasteiger partial charge is 0.439 e. The summed E-state index contributed by atoms with van der Waals surface area (Å²) in [6.45, 7) is 4.06. The number of carbonyl (C=O) groups excluding carboxylic acids is 1. The van der Waals surface area contributed by atoms with Crippen molar-refractivity contribution in [1.82, 2.24) is 29.7 Å². The number of aromatic nitrogens is 6. The Hall–Kier alpha value is -3.77. The number of H-pyrrole nitrogens is 1. The highest BCUT2D eigenvalue weighted by atomic mass is 35.5. The Morgan fingerprint density at radius 1 is 1.20 bits per heavy atom. The molecule has 0 radical (unpaired) electrons. The molecule has 3 aromatic heterocycles. The quantitative estimate of drug-likeness (QED) is 0.343. The number of anilines is 1. The Morgan fingerprint density at radius 3 is 2.75 bits per heavy atom. The first-order valence-corrected chi connectivity index (χ1v) is 13.8. The first-order valence-electron chi connectivity index (χ1n) is 13.4. The maximum absolute atomic E-state index is 12.8. The van der Waals surface area contributed by atoms with Crippen LogP contribution in [0, 0.1) is 11.8 Å². The third-order valence-corrected chi connectivity index (χ3v) is 8.00. The summed E-state index contributed by atoms with van der Waals surface area (Å²) in [4.78, 5) is 43.5. The van der Waals surface area contributed by atoms with E-state index < -0.39 is 17.8 Å². The molecule has 0 bridgehead atoms. The molecule has 1 aromatic carbocycles. The van der Waals surface area contributed by atoms with Gasteiger partial charge in [-0.15, -0.1) is 0 Å². The predicted octanol–water partition coefficient (Wildman–Crippen LogP) is 3.69. The van der Waals surface area contributed by atoms with Crippen molar-refractivity contribution in [2.24, 2.45) is 11.8 Å². The van der Waals surface area contributed by atoms with Gasteiger partial charge in [-0.1, -0.05) is 48.7 Å². The van der Waals surface area contributed by atoms with Crippen molar-refractivity contribution in [1.29, 1.82) is 0 Å². The predicted molar refractivity (Wildman–Crippen MR) is 147 cm³/mol. The van der Waals surface area contributed by atoms with Gasteiger partial charge in [-0.25, -0.2) is 19.6 Å². The number of benzene rings is 1. The molecular weight excluding hydrogens is 538 g/mol. The second-order valence-corrected chi connectivity index (χ2v) is 10.9. The van der Waals surface area contributed by atoms with E-state index in [1.807, 2.05) is 23.1 Å². The molecule has 0 amide bonds. The van der Waals surface area contributed by atoms with Gasteiger partial charge in [0.05, 0.1) is 20.3 Å². The minimum absolute atomic E-state index is 0.0892. The average Bonchev–Trinajstić information content (AvgIpc) is 3.57. The number of nitrogens with zero attached hydrogens (tertiary/aromatic N) is 6. The van der Waals surface area contributed by atoms with Crippen LogP contribution in [0.1, 0.15) is 32.6 Å². The van der Waals surface area contributed by atoms with Crippen LogP contribution in [-0.2, 0) is 20.8 Å². The molecule has 1 atom stereocenters. The van der Waals surface area contributed by atoms with Gasteiger partial charge in [0.25, 0.3) is 0 Å². The van der Waals surface area contributed by atoms with E-state index in [4.69, 9.17) is 40.5 Å². The van der Waals surface area contributed by atoms with Crippen LogP contribution in [-0.4, -0.2) is 68.5 Å². The zero-order valence-corrected chi connectivity index (χ0v) is 23.1. The molecule has 1 aliphatic carbocycles. The highest BCUT2D eigenvalue weighted by molar-refractivity contribution is 6.30. The minimum atomic E-state index is -0.713. The molecule has 2 fully saturated rings. The summed E-state index contributed by atoms with van der Waals surface area (Å²) in [7, 11) is 1.37. The van der Waals surface area contributed by atoms with Crippen molar-refractivity contribution in [2.45, 2.75) is 45.2 Å². The van der Waals surface area contributed by atoms with Gasteiger partial charge in [-0.05, 0) is 36.8 Å². The Bertz CT molecular complexity index is 1590. The third kappa shape index (κ3) is 5.08. The number of hydrogen-bond acceptors (Lipinski definition) is 10. The first-order chi connectivity index (χ1) is 19.4. The zero-order valence-electron chi connectivity index (χ0n) is 22.3. The van der Waals surface area contributed by atoms with Crippen LogP contribution in [0.5, 0.6) is 0 Å². The Kier molecular flexibility index (Phi) is 7.28. The molecule has 210 valence electrons. The fourth-order valence-corrected chi connectivity index (χ4v) is 5.82. The van der Waals surface area contributed by atoms with Crippen molar-refractivity contribution < 1.29 is 18.8 Å². The molecule has 6 rings (SSSR count). The molecule has 1 saturated carbocycles. The third-order valence-electron chi connectivity index (χ3n) is 7.77. The van der Waals surface area contributed by atoms with E-state index in [1.54, 1.807) is 6.07 Å². The van der Waals surface area contributed by atoms with Gasteiger partial charge in [0.1, 0.15) is 11.2 Å². The number of morpholine rings is 1. The van der Waals surface area contributed by atoms with E-state index >= 15 is 0 Å². The summed E-state index contributed by atoms with van der Waals surface area (Å²) < 4.78 is 17.6. The summed E-state index contributed by atoms with van der Waals surface area (Å²) in [5.74, 6) is 0.853. The van der Waals surface area contributed by atoms with Gasteiger partial charge >= 0.3 is 11.7 Å². The lowest BCUT2D eigenvalue weighted by Gasteiger charge is -2.35. The highest BCUT2D eigenvalue weighted by Gasteiger charge is 2.35. The number of rotatable bonds is 6. The van der Waals surface area contributed by atoms with Gasteiger partial charge in [0, 0.05) is 23.7 Å². The molecular formula is C27H30ClN7O5. The van der Waals surface area contributed by atoms with Crippen LogP contribution in [0.25, 0.3) is 34.1 Å². The lowest BCUT2D eigenvalue weighted by molar-refractivity contribution is -0.144. The normalized spacial score (nSPS) is 21.6. The Morgan fingerprint density at radius 2 is 2.02 bits per heavy atom. The van der Waals surface area contributed by atoms with Crippen LogP contribution in [0.15, 0.2) is 33.6 Å². The largest absolute Gasteiger partial charge is 0.467 e. The summed E-state index contributed by atoms with van der Waals surface area (Å²) in [5.41, 5.74) is 2.44. The monoisotopic (exact) mass is 567 g/mol. The number of carbonyl (C=O) groups is 1. The molecule has 40 heavy (non-hydrogen) atoms. The molecule has 1 saturated heterocycles. The van der Waals surface area contributed by atoms with E-state index in [0.29, 0.717) is 59.4 Å². The number of imidazole rings is 1. The number of esters is 1. The Labute approximate surface area is 234 Å². The summed E-state index contributed by atoms with van der Waals surface area (Å²) >= 11 is 6.40. The van der Waals surface area contributed by atoms with Crippen molar-refractivity contribution in [2.75, 3.05) is 31.8 Å². The SMILES string of the molecule is COC(=O)[C@@H]1COCCN1c1nc2nc(-c3noc(=O)[nH]3)nc(-c3cccc(Cl)c3)c2n1CC1CCC(C)CC1. The number of ether oxygens (including phenoxy) is 2. The summed E-state index contributed by atoms with van der Waals surface area (Å²) in [6, 6.07) is 6.72. The number of methoxy groups -OCH3 is 1. The van der Waals surface area contributed by atoms with Gasteiger partial charge in [0.2, 0.25) is 17.6 Å². The van der Waals surface area contributed by atoms with Crippen LogP contribution in [0.4, 0.5) is 5.95 Å². The molecule has 1 N–H and O–H groups in total. The van der Waals surface area contributed by atoms with E-state index in [0.717, 1.165) is 31.2 Å². The summed E-state index contributed by atoms with van der Waals surface area (Å²) in [5, 5.41) is 4.34. The number of fused-ring (bicyclic) bond motifs is 1. The van der Waals surface area contributed by atoms with Crippen molar-refractivity contribution in [3.63, 3.8) is 0 Å². The van der Waals surface area contributed by atoms with Crippen LogP contribution in [0.3, 0.4) is 0 Å². The molecule has 4 aromatic rings. The minimum Gasteiger partial charge on any atom is -0.467 e. The van der Waals surface area contributed by atoms with Gasteiger partial charge in [-0.3, -0.25) is 9.51 Å². The van der Waals surface area contributed by atoms with E-state index in [9.17, 15) is 9.59 Å². The molecule has 0 unspecified atom stereocenters. The summed E-state index contributed by atoms with van der Waals surface area (Å²) in [6.07, 6.45) is 4.51. The molecule has 13 heteroatoms. The molecule has 12 nitrogen and oxygen atoms in total. The fourth-order valence-electron chi connectivity index (χ4n) is 5.63. The van der Waals surface area contributed by atoms with Crippen molar-refractivity contribution in [3.8, 4) is 22.9 Å². The van der Waals surface area contributed by atoms with E-state index in [2.05, 4.69) is 21.6 Å². The van der Waals surface area contributed by atoms with Crippen LogP contribution >= 0.6 is 11.6 Å². The van der Waals surface area contributed by atoms with Crippen molar-refractivity contribution >= 4 is 34.7 Å². The number of halogens is 1. The second-order valence-electron chi connectivity index (χ2n) is 10.5. The van der Waals surface area contributed by atoms with Crippen molar-refractivity contribution in [3.05, 3.63) is 39.8 Å². The number of hydrogen-bond donors (Lipinski definition) is 1. The number of nitrogens with one attached hydrogen (secondary N) is 1. The average molecular weight is 568 g/mol. The Balaban J connectivity index is 1.58. The second kappa shape index (κ2) is 11.0. The van der Waals surface area contributed by atoms with E-state index in [1.165, 1.54) is 7.11 Å². The van der Waals surface area contributed by atoms with E-state index in [-0.39, 0.29) is 18.3 Å². The molecule has 2 aliphatic rings. The van der Waals surface area contributed by atoms with Gasteiger partial charge in [0.15, 0.2) is 11.7 Å². The lowest BCUT2D eigenvalue weighted by Crippen LogP contribution is -2.51. The molecule has 0 spiro atoms. The standard InChI is InChI=1S/C27H30ClN7O5/c1-15-6-8-16(9-7-15)13-35-21-20(17-4-3-5-18(28)12-17)29-23(24-32-27(37)40-33-24)30-22(21)31-26(35)34-10-11-39-14-19(34)25(36)38-2/h3-5,12,15-16,19H,6-11,13-14H2,1-2H3,(H,32,33,37)/t15?,16?,19-/m0/s1. The fraction of sp³-hybridized carbons (Fsp3) is 0.481. The maximum atomic E-state index is 12.8. The highest BCUT2D eigenvalue weighted by Crippen LogP contribution is 2.37. The molecule has 4 heterocycles. The topological polar surface area (TPSA) is 141 Å². The first kappa shape index (κ1) is 26.5. The van der Waals surface area contributed by atoms with Crippen LogP contribution < -0.4 is 10.7 Å². The lowest BCUT2D eigenvalue weighted by atomic mass is 9.83. The van der Waals surface area contributed by atoms with Crippen LogP contribution in [0.2, 0.25) is 5.02 Å². The molecule has 1 aliphatic heterocycles. The zero-order chi connectivity index (χ0) is 27.8. The van der Waals surface area contributed by atoms with Gasteiger partial charge in [-0.2, -0.15) is 4.98 Å². The van der Waals surface area contributed by atoms with Gasteiger partial charge < -0.3 is 18.9 Å². The maximum Gasteiger partial charge on any atom is 0.439 e. The number of aromatic amines is 1.